The van der Waals surface area contributed by atoms with Gasteiger partial charge in [-0.1, -0.05) is 25.4 Å². The van der Waals surface area contributed by atoms with Crippen LogP contribution in [0, 0.1) is 0 Å². The highest BCUT2D eigenvalue weighted by molar-refractivity contribution is 6.30. The topological polar surface area (TPSA) is 35.2 Å². The minimum Gasteiger partial charge on any atom is -0.494 e. The summed E-state index contributed by atoms with van der Waals surface area (Å²) in [7, 11) is 0. The molecule has 0 fully saturated rings. The molecular weight excluding hydrogens is 222 g/mol. The van der Waals surface area contributed by atoms with E-state index in [4.69, 9.17) is 22.1 Å². The van der Waals surface area contributed by atoms with Crippen molar-refractivity contribution < 1.29 is 4.74 Å². The molecule has 0 saturated carbocycles. The average Bonchev–Trinajstić information content (AvgIpc) is 2.21. The number of rotatable bonds is 5. The average molecular weight is 242 g/mol. The number of benzene rings is 1. The molecule has 16 heavy (non-hydrogen) atoms. The summed E-state index contributed by atoms with van der Waals surface area (Å²) in [5.74, 6) is 0.908. The molecule has 0 heterocycles. The van der Waals surface area contributed by atoms with E-state index < -0.39 is 0 Å². The van der Waals surface area contributed by atoms with E-state index in [0.29, 0.717) is 13.2 Å². The molecular formula is C13H20ClNO. The van der Waals surface area contributed by atoms with Crippen LogP contribution in [0.5, 0.6) is 5.75 Å². The molecule has 0 bridgehead atoms. The van der Waals surface area contributed by atoms with E-state index in [-0.39, 0.29) is 5.41 Å². The first-order valence-corrected chi connectivity index (χ1v) is 6.02. The van der Waals surface area contributed by atoms with E-state index in [2.05, 4.69) is 13.8 Å². The third-order valence-electron chi connectivity index (χ3n) is 2.74. The summed E-state index contributed by atoms with van der Waals surface area (Å²) in [6, 6.07) is 5.76. The maximum atomic E-state index is 6.04. The quantitative estimate of drug-likeness (QED) is 0.858. The van der Waals surface area contributed by atoms with Crippen molar-refractivity contribution in [2.45, 2.75) is 32.6 Å². The second kappa shape index (κ2) is 5.55. The zero-order chi connectivity index (χ0) is 12.2. The van der Waals surface area contributed by atoms with Crippen LogP contribution in [0.15, 0.2) is 18.2 Å². The predicted octanol–water partition coefficient (Wildman–Crippen LogP) is 3.37. The molecule has 1 rings (SSSR count). The van der Waals surface area contributed by atoms with Gasteiger partial charge in [0.15, 0.2) is 0 Å². The molecule has 0 saturated heterocycles. The number of ether oxygens (including phenoxy) is 1. The third-order valence-corrected chi connectivity index (χ3v) is 2.98. The van der Waals surface area contributed by atoms with Gasteiger partial charge in [0, 0.05) is 10.6 Å². The first-order chi connectivity index (χ1) is 7.51. The second-order valence-corrected chi connectivity index (χ2v) is 4.93. The van der Waals surface area contributed by atoms with Crippen LogP contribution in [0.2, 0.25) is 5.02 Å². The second-order valence-electron chi connectivity index (χ2n) is 4.50. The lowest BCUT2D eigenvalue weighted by molar-refractivity contribution is 0.325. The Morgan fingerprint density at radius 1 is 1.38 bits per heavy atom. The van der Waals surface area contributed by atoms with Crippen molar-refractivity contribution in [2.24, 2.45) is 5.73 Å². The van der Waals surface area contributed by atoms with Gasteiger partial charge in [0.05, 0.1) is 6.61 Å². The van der Waals surface area contributed by atoms with Crippen LogP contribution in [-0.4, -0.2) is 13.2 Å². The fourth-order valence-electron chi connectivity index (χ4n) is 1.81. The Balaban J connectivity index is 3.12. The molecule has 90 valence electrons. The van der Waals surface area contributed by atoms with E-state index in [1.165, 1.54) is 0 Å². The molecule has 0 spiro atoms. The molecule has 0 aliphatic rings. The van der Waals surface area contributed by atoms with Crippen molar-refractivity contribution in [3.8, 4) is 5.75 Å². The Morgan fingerprint density at radius 3 is 2.62 bits per heavy atom. The number of halogens is 1. The maximum absolute atomic E-state index is 6.04. The van der Waals surface area contributed by atoms with Gasteiger partial charge in [0.1, 0.15) is 5.75 Å². The van der Waals surface area contributed by atoms with Gasteiger partial charge in [0.2, 0.25) is 0 Å². The van der Waals surface area contributed by atoms with Crippen LogP contribution < -0.4 is 10.5 Å². The summed E-state index contributed by atoms with van der Waals surface area (Å²) in [5.41, 5.74) is 6.76. The van der Waals surface area contributed by atoms with Crippen LogP contribution in [0.1, 0.15) is 32.8 Å². The molecule has 0 aliphatic heterocycles. The summed E-state index contributed by atoms with van der Waals surface area (Å²) in [5, 5.41) is 0.739. The van der Waals surface area contributed by atoms with Crippen molar-refractivity contribution in [3.05, 3.63) is 28.8 Å². The predicted molar refractivity (Wildman–Crippen MR) is 69.3 cm³/mol. The molecule has 2 N–H and O–H groups in total. The minimum atomic E-state index is -0.00977. The van der Waals surface area contributed by atoms with E-state index in [1.54, 1.807) is 0 Å². The van der Waals surface area contributed by atoms with Crippen molar-refractivity contribution in [1.29, 1.82) is 0 Å². The molecule has 0 atom stereocenters. The number of hydrogen-bond acceptors (Lipinski definition) is 2. The lowest BCUT2D eigenvalue weighted by Gasteiger charge is -2.27. The van der Waals surface area contributed by atoms with Crippen LogP contribution >= 0.6 is 11.6 Å². The monoisotopic (exact) mass is 241 g/mol. The molecule has 0 aromatic heterocycles. The van der Waals surface area contributed by atoms with Gasteiger partial charge in [-0.15, -0.1) is 0 Å². The molecule has 3 heteroatoms. The lowest BCUT2D eigenvalue weighted by atomic mass is 9.81. The molecule has 1 aromatic carbocycles. The van der Waals surface area contributed by atoms with Crippen LogP contribution in [-0.2, 0) is 5.41 Å². The van der Waals surface area contributed by atoms with Crippen LogP contribution in [0.3, 0.4) is 0 Å². The van der Waals surface area contributed by atoms with Crippen molar-refractivity contribution in [1.82, 2.24) is 0 Å². The van der Waals surface area contributed by atoms with E-state index >= 15 is 0 Å². The van der Waals surface area contributed by atoms with Crippen molar-refractivity contribution >= 4 is 11.6 Å². The number of hydrogen-bond donors (Lipinski definition) is 1. The van der Waals surface area contributed by atoms with E-state index in [0.717, 1.165) is 22.8 Å². The van der Waals surface area contributed by atoms with Crippen LogP contribution in [0.4, 0.5) is 0 Å². The summed E-state index contributed by atoms with van der Waals surface area (Å²) in [6.45, 7) is 7.62. The highest BCUT2D eigenvalue weighted by Gasteiger charge is 2.24. The van der Waals surface area contributed by atoms with E-state index in [1.807, 2.05) is 25.1 Å². The Hall–Kier alpha value is -0.730. The lowest BCUT2D eigenvalue weighted by Crippen LogP contribution is -2.22. The van der Waals surface area contributed by atoms with Gasteiger partial charge >= 0.3 is 0 Å². The Labute approximate surface area is 103 Å². The molecule has 0 aliphatic carbocycles. The summed E-state index contributed by atoms with van der Waals surface area (Å²) in [6.07, 6.45) is 0.910. The Kier molecular flexibility index (Phi) is 4.63. The smallest absolute Gasteiger partial charge is 0.123 e. The van der Waals surface area contributed by atoms with Gasteiger partial charge < -0.3 is 10.5 Å². The van der Waals surface area contributed by atoms with Gasteiger partial charge in [-0.25, -0.2) is 0 Å². The van der Waals surface area contributed by atoms with Crippen molar-refractivity contribution in [3.63, 3.8) is 0 Å². The zero-order valence-electron chi connectivity index (χ0n) is 10.2. The fraction of sp³-hybridized carbons (Fsp3) is 0.538. The molecule has 0 amide bonds. The molecule has 0 radical (unpaired) electrons. The first kappa shape index (κ1) is 13.3. The molecule has 0 unspecified atom stereocenters. The largest absolute Gasteiger partial charge is 0.494 e. The third kappa shape index (κ3) is 3.13. The fourth-order valence-corrected chi connectivity index (χ4v) is 1.98. The Morgan fingerprint density at radius 2 is 2.06 bits per heavy atom. The molecule has 2 nitrogen and oxygen atoms in total. The van der Waals surface area contributed by atoms with E-state index in [9.17, 15) is 0 Å². The van der Waals surface area contributed by atoms with Crippen LogP contribution in [0.25, 0.3) is 0 Å². The van der Waals surface area contributed by atoms with Gasteiger partial charge in [0.25, 0.3) is 0 Å². The molecule has 1 aromatic rings. The first-order valence-electron chi connectivity index (χ1n) is 5.64. The highest BCUT2D eigenvalue weighted by Crippen LogP contribution is 2.35. The van der Waals surface area contributed by atoms with Gasteiger partial charge in [-0.05, 0) is 43.5 Å². The Bertz CT molecular complexity index is 350. The van der Waals surface area contributed by atoms with Gasteiger partial charge in [-0.3, -0.25) is 0 Å². The van der Waals surface area contributed by atoms with Crippen molar-refractivity contribution in [2.75, 3.05) is 13.2 Å². The van der Waals surface area contributed by atoms with Gasteiger partial charge in [-0.2, -0.15) is 0 Å². The summed E-state index contributed by atoms with van der Waals surface area (Å²) in [4.78, 5) is 0. The standard InChI is InChI=1S/C13H20ClNO/c1-4-16-12-6-5-10(14)9-11(12)13(2,3)7-8-15/h5-6,9H,4,7-8,15H2,1-3H3. The normalized spacial score (nSPS) is 11.6. The maximum Gasteiger partial charge on any atom is 0.123 e. The summed E-state index contributed by atoms with van der Waals surface area (Å²) >= 11 is 6.04. The highest BCUT2D eigenvalue weighted by atomic mass is 35.5. The SMILES string of the molecule is CCOc1ccc(Cl)cc1C(C)(C)CCN. The summed E-state index contributed by atoms with van der Waals surface area (Å²) < 4.78 is 5.63. The number of nitrogens with two attached hydrogens (primary N) is 1. The zero-order valence-corrected chi connectivity index (χ0v) is 11.0. The minimum absolute atomic E-state index is 0.00977.